The fraction of sp³-hybridized carbons (Fsp3) is 0.857. The minimum atomic E-state index is -0.906. The molecule has 0 aliphatic carbocycles. The number of nitrogens with one attached hydrogen (secondary N) is 2. The third kappa shape index (κ3) is 4.41. The Morgan fingerprint density at radius 3 is 2.83 bits per heavy atom. The van der Waals surface area contributed by atoms with E-state index in [2.05, 4.69) is 10.6 Å². The van der Waals surface area contributed by atoms with Crippen LogP contribution in [0.25, 0.3) is 0 Å². The molecule has 1 unspecified atom stereocenters. The van der Waals surface area contributed by atoms with Crippen molar-refractivity contribution in [3.8, 4) is 0 Å². The highest BCUT2D eigenvalue weighted by atomic mass is 35.5. The molecule has 0 saturated carbocycles. The molecule has 0 spiro atoms. The quantitative estimate of drug-likeness (QED) is 0.579. The Hall–Kier alpha value is -0.480. The van der Waals surface area contributed by atoms with Crippen LogP contribution < -0.4 is 10.6 Å². The summed E-state index contributed by atoms with van der Waals surface area (Å²) in [5.74, 6) is 0. The van der Waals surface area contributed by atoms with Crippen molar-refractivity contribution in [3.63, 3.8) is 0 Å². The number of amides is 1. The number of hydrogen-bond donors (Lipinski definition) is 3. The van der Waals surface area contributed by atoms with Crippen molar-refractivity contribution in [1.82, 2.24) is 10.6 Å². The molecule has 1 fully saturated rings. The number of carbonyl (C=O) groups is 1. The zero-order valence-corrected chi connectivity index (χ0v) is 7.69. The molecule has 0 bridgehead atoms. The van der Waals surface area contributed by atoms with Gasteiger partial charge >= 0.3 is 6.09 Å². The highest BCUT2D eigenvalue weighted by Crippen LogP contribution is 2.04. The summed E-state index contributed by atoms with van der Waals surface area (Å²) in [6.45, 7) is 1.93. The molecule has 0 aromatic carbocycles. The molecule has 5 heteroatoms. The first-order valence-corrected chi connectivity index (χ1v) is 3.99. The van der Waals surface area contributed by atoms with E-state index in [-0.39, 0.29) is 18.4 Å². The van der Waals surface area contributed by atoms with Gasteiger partial charge in [0.05, 0.1) is 0 Å². The summed E-state index contributed by atoms with van der Waals surface area (Å²) >= 11 is 0. The predicted octanol–water partition coefficient (Wildman–Crippen LogP) is 0.818. The second-order valence-corrected chi connectivity index (χ2v) is 2.83. The predicted molar refractivity (Wildman–Crippen MR) is 48.9 cm³/mol. The lowest BCUT2D eigenvalue weighted by Gasteiger charge is -2.12. The molecule has 1 rings (SSSR count). The molecule has 4 nitrogen and oxygen atoms in total. The maximum absolute atomic E-state index is 10.2. The Labute approximate surface area is 78.1 Å². The molecule has 1 aliphatic heterocycles. The third-order valence-corrected chi connectivity index (χ3v) is 1.90. The van der Waals surface area contributed by atoms with E-state index in [9.17, 15) is 4.79 Å². The van der Waals surface area contributed by atoms with Crippen LogP contribution >= 0.6 is 12.4 Å². The molecule has 1 aliphatic rings. The summed E-state index contributed by atoms with van der Waals surface area (Å²) in [5, 5.41) is 14.1. The topological polar surface area (TPSA) is 61.4 Å². The van der Waals surface area contributed by atoms with Gasteiger partial charge in [-0.05, 0) is 32.4 Å². The zero-order valence-electron chi connectivity index (χ0n) is 6.88. The van der Waals surface area contributed by atoms with Crippen molar-refractivity contribution in [1.29, 1.82) is 0 Å². The second-order valence-electron chi connectivity index (χ2n) is 2.83. The standard InChI is InChI=1S/C7H14N2O2.ClH/c10-7(11)9-6-2-1-4-8-5-3-6;/h6,8-9H,1-5H2,(H,10,11);1H. The van der Waals surface area contributed by atoms with E-state index < -0.39 is 6.09 Å². The van der Waals surface area contributed by atoms with E-state index in [4.69, 9.17) is 5.11 Å². The van der Waals surface area contributed by atoms with Crippen molar-refractivity contribution in [2.24, 2.45) is 0 Å². The average molecular weight is 195 g/mol. The van der Waals surface area contributed by atoms with Gasteiger partial charge < -0.3 is 15.7 Å². The molecule has 0 aromatic rings. The third-order valence-electron chi connectivity index (χ3n) is 1.90. The van der Waals surface area contributed by atoms with Gasteiger partial charge in [0.2, 0.25) is 0 Å². The number of rotatable bonds is 1. The van der Waals surface area contributed by atoms with Crippen LogP contribution in [0.2, 0.25) is 0 Å². The highest BCUT2D eigenvalue weighted by molar-refractivity contribution is 5.85. The summed E-state index contributed by atoms with van der Waals surface area (Å²) in [7, 11) is 0. The lowest BCUT2D eigenvalue weighted by Crippen LogP contribution is -2.34. The molecule has 1 amide bonds. The fourth-order valence-electron chi connectivity index (χ4n) is 1.34. The van der Waals surface area contributed by atoms with E-state index in [0.29, 0.717) is 0 Å². The molecule has 1 heterocycles. The van der Waals surface area contributed by atoms with Gasteiger partial charge in [-0.1, -0.05) is 0 Å². The van der Waals surface area contributed by atoms with Crippen LogP contribution in [0, 0.1) is 0 Å². The SMILES string of the molecule is Cl.O=C(O)NC1CCCNCC1. The van der Waals surface area contributed by atoms with Gasteiger partial charge in [0.25, 0.3) is 0 Å². The van der Waals surface area contributed by atoms with Crippen LogP contribution in [-0.4, -0.2) is 30.3 Å². The summed E-state index contributed by atoms with van der Waals surface area (Å²) < 4.78 is 0. The Morgan fingerprint density at radius 2 is 2.17 bits per heavy atom. The minimum Gasteiger partial charge on any atom is -0.465 e. The van der Waals surface area contributed by atoms with Crippen LogP contribution in [0.3, 0.4) is 0 Å². The monoisotopic (exact) mass is 194 g/mol. The summed E-state index contributed by atoms with van der Waals surface area (Å²) in [5.41, 5.74) is 0. The van der Waals surface area contributed by atoms with Gasteiger partial charge in [0.15, 0.2) is 0 Å². The number of halogens is 1. The highest BCUT2D eigenvalue weighted by Gasteiger charge is 2.12. The molecule has 0 aromatic heterocycles. The van der Waals surface area contributed by atoms with Crippen molar-refractivity contribution in [2.75, 3.05) is 13.1 Å². The summed E-state index contributed by atoms with van der Waals surface area (Å²) in [6.07, 6.45) is 2.02. The number of hydrogen-bond acceptors (Lipinski definition) is 2. The molecule has 1 atom stereocenters. The van der Waals surface area contributed by atoms with Gasteiger partial charge in [-0.2, -0.15) is 0 Å². The van der Waals surface area contributed by atoms with Gasteiger partial charge in [0, 0.05) is 6.04 Å². The average Bonchev–Trinajstić information content (AvgIpc) is 2.14. The molecule has 72 valence electrons. The first kappa shape index (κ1) is 11.5. The summed E-state index contributed by atoms with van der Waals surface area (Å²) in [4.78, 5) is 10.2. The maximum Gasteiger partial charge on any atom is 0.404 e. The molecule has 3 N–H and O–H groups in total. The van der Waals surface area contributed by atoms with Crippen LogP contribution in [0.15, 0.2) is 0 Å². The maximum atomic E-state index is 10.2. The van der Waals surface area contributed by atoms with E-state index in [1.807, 2.05) is 0 Å². The van der Waals surface area contributed by atoms with Crippen LogP contribution in [-0.2, 0) is 0 Å². The molecular weight excluding hydrogens is 180 g/mol. The Balaban J connectivity index is 0.00000121. The smallest absolute Gasteiger partial charge is 0.404 e. The van der Waals surface area contributed by atoms with Crippen molar-refractivity contribution in [2.45, 2.75) is 25.3 Å². The fourth-order valence-corrected chi connectivity index (χ4v) is 1.34. The van der Waals surface area contributed by atoms with E-state index >= 15 is 0 Å². The first-order valence-electron chi connectivity index (χ1n) is 3.99. The minimum absolute atomic E-state index is 0. The molecule has 1 saturated heterocycles. The Kier molecular flexibility index (Phi) is 5.84. The Morgan fingerprint density at radius 1 is 1.42 bits per heavy atom. The van der Waals surface area contributed by atoms with Crippen LogP contribution in [0.5, 0.6) is 0 Å². The van der Waals surface area contributed by atoms with Gasteiger partial charge in [-0.3, -0.25) is 0 Å². The molecule has 0 radical (unpaired) electrons. The van der Waals surface area contributed by atoms with E-state index in [1.165, 1.54) is 0 Å². The lowest BCUT2D eigenvalue weighted by atomic mass is 10.1. The normalized spacial score (nSPS) is 23.5. The van der Waals surface area contributed by atoms with E-state index in [1.54, 1.807) is 0 Å². The van der Waals surface area contributed by atoms with Gasteiger partial charge in [0.1, 0.15) is 0 Å². The Bertz CT molecular complexity index is 135. The molecular formula is C7H15ClN2O2. The largest absolute Gasteiger partial charge is 0.465 e. The van der Waals surface area contributed by atoms with Crippen LogP contribution in [0.1, 0.15) is 19.3 Å². The van der Waals surface area contributed by atoms with Crippen molar-refractivity contribution >= 4 is 18.5 Å². The molecule has 12 heavy (non-hydrogen) atoms. The van der Waals surface area contributed by atoms with Crippen molar-refractivity contribution in [3.05, 3.63) is 0 Å². The van der Waals surface area contributed by atoms with Crippen LogP contribution in [0.4, 0.5) is 4.79 Å². The van der Waals surface area contributed by atoms with Gasteiger partial charge in [-0.15, -0.1) is 12.4 Å². The van der Waals surface area contributed by atoms with Gasteiger partial charge in [-0.25, -0.2) is 4.79 Å². The number of carboxylic acid groups (broad SMARTS) is 1. The van der Waals surface area contributed by atoms with E-state index in [0.717, 1.165) is 32.4 Å². The summed E-state index contributed by atoms with van der Waals surface area (Å²) in [6, 6.07) is 0.155. The lowest BCUT2D eigenvalue weighted by molar-refractivity contribution is 0.188. The van der Waals surface area contributed by atoms with Crippen molar-refractivity contribution < 1.29 is 9.90 Å². The first-order chi connectivity index (χ1) is 5.29. The zero-order chi connectivity index (χ0) is 8.10. The second kappa shape index (κ2) is 6.08.